The molecule has 5 heteroatoms. The van der Waals surface area contributed by atoms with Crippen LogP contribution in [0, 0.1) is 5.92 Å². The first-order chi connectivity index (χ1) is 8.11. The topological polar surface area (TPSA) is 49.4 Å². The van der Waals surface area contributed by atoms with Crippen LogP contribution in [0.5, 0.6) is 0 Å². The molecule has 90 valence electrons. The summed E-state index contributed by atoms with van der Waals surface area (Å²) in [6, 6.07) is 7.53. The van der Waals surface area contributed by atoms with Crippen LogP contribution in [-0.2, 0) is 9.59 Å². The molecule has 4 nitrogen and oxygen atoms in total. The number of hydrogen-bond donors (Lipinski definition) is 1. The quantitative estimate of drug-likeness (QED) is 0.900. The van der Waals surface area contributed by atoms with Gasteiger partial charge in [-0.05, 0) is 18.2 Å². The van der Waals surface area contributed by atoms with Crippen LogP contribution in [0.2, 0.25) is 0 Å². The van der Waals surface area contributed by atoms with E-state index >= 15 is 0 Å². The molecule has 1 aromatic carbocycles. The predicted octanol–water partition coefficient (Wildman–Crippen LogP) is 1.55. The van der Waals surface area contributed by atoms with Gasteiger partial charge in [-0.2, -0.15) is 0 Å². The molecule has 0 spiro atoms. The summed E-state index contributed by atoms with van der Waals surface area (Å²) in [4.78, 5) is 25.0. The highest BCUT2D eigenvalue weighted by Gasteiger charge is 2.34. The summed E-state index contributed by atoms with van der Waals surface area (Å²) in [7, 11) is 1.59. The third-order valence-corrected chi connectivity index (χ3v) is 3.36. The van der Waals surface area contributed by atoms with E-state index in [4.69, 9.17) is 0 Å². The molecule has 1 aliphatic rings. The van der Waals surface area contributed by atoms with Gasteiger partial charge in [-0.3, -0.25) is 9.59 Å². The van der Waals surface area contributed by atoms with Gasteiger partial charge in [0.1, 0.15) is 0 Å². The molecular formula is C12H13BrN2O2. The van der Waals surface area contributed by atoms with E-state index in [1.165, 1.54) is 0 Å². The van der Waals surface area contributed by atoms with Crippen molar-refractivity contribution in [2.24, 2.45) is 5.92 Å². The third-order valence-electron chi connectivity index (χ3n) is 2.86. The van der Waals surface area contributed by atoms with E-state index < -0.39 is 0 Å². The van der Waals surface area contributed by atoms with Crippen molar-refractivity contribution in [2.45, 2.75) is 6.42 Å². The molecule has 2 rings (SSSR count). The largest absolute Gasteiger partial charge is 0.359 e. The molecule has 1 saturated heterocycles. The number of benzene rings is 1. The number of amides is 2. The lowest BCUT2D eigenvalue weighted by Gasteiger charge is -2.16. The van der Waals surface area contributed by atoms with E-state index in [2.05, 4.69) is 21.2 Å². The summed E-state index contributed by atoms with van der Waals surface area (Å²) in [5.74, 6) is -0.320. The van der Waals surface area contributed by atoms with Crippen LogP contribution < -0.4 is 10.2 Å². The number of hydrogen-bond acceptors (Lipinski definition) is 2. The molecule has 1 heterocycles. The molecule has 0 bridgehead atoms. The minimum absolute atomic E-state index is 0.00306. The molecule has 1 aromatic rings. The van der Waals surface area contributed by atoms with Crippen LogP contribution in [-0.4, -0.2) is 25.4 Å². The first-order valence-corrected chi connectivity index (χ1v) is 6.18. The number of halogens is 1. The lowest BCUT2D eigenvalue weighted by Crippen LogP contribution is -2.30. The number of carbonyl (C=O) groups excluding carboxylic acids is 2. The highest BCUT2D eigenvalue weighted by molar-refractivity contribution is 9.10. The molecule has 0 radical (unpaired) electrons. The fourth-order valence-electron chi connectivity index (χ4n) is 1.98. The second-order valence-corrected chi connectivity index (χ2v) is 4.92. The number of carbonyl (C=O) groups is 2. The Balaban J connectivity index is 2.18. The van der Waals surface area contributed by atoms with E-state index in [9.17, 15) is 9.59 Å². The van der Waals surface area contributed by atoms with Crippen LogP contribution in [0.15, 0.2) is 28.7 Å². The van der Waals surface area contributed by atoms with Gasteiger partial charge in [0.15, 0.2) is 0 Å². The maximum Gasteiger partial charge on any atom is 0.227 e. The summed E-state index contributed by atoms with van der Waals surface area (Å²) in [6.07, 6.45) is 0.284. The summed E-state index contributed by atoms with van der Waals surface area (Å²) in [6.45, 7) is 0.453. The smallest absolute Gasteiger partial charge is 0.227 e. The van der Waals surface area contributed by atoms with Crippen molar-refractivity contribution >= 4 is 33.4 Å². The van der Waals surface area contributed by atoms with Crippen molar-refractivity contribution in [3.05, 3.63) is 28.7 Å². The van der Waals surface area contributed by atoms with Crippen LogP contribution in [0.4, 0.5) is 5.69 Å². The summed E-state index contributed by atoms with van der Waals surface area (Å²) in [5.41, 5.74) is 0.829. The Hall–Kier alpha value is -1.36. The Morgan fingerprint density at radius 2 is 2.29 bits per heavy atom. The SMILES string of the molecule is CNC(=O)C1CC(=O)N(c2cccc(Br)c2)C1. The molecule has 0 aliphatic carbocycles. The van der Waals surface area contributed by atoms with Gasteiger partial charge < -0.3 is 10.2 Å². The highest BCUT2D eigenvalue weighted by Crippen LogP contribution is 2.27. The fourth-order valence-corrected chi connectivity index (χ4v) is 2.37. The van der Waals surface area contributed by atoms with Crippen LogP contribution in [0.3, 0.4) is 0 Å². The number of rotatable bonds is 2. The van der Waals surface area contributed by atoms with Gasteiger partial charge >= 0.3 is 0 Å². The van der Waals surface area contributed by atoms with E-state index in [0.29, 0.717) is 6.54 Å². The molecule has 17 heavy (non-hydrogen) atoms. The van der Waals surface area contributed by atoms with Gasteiger partial charge in [0.2, 0.25) is 11.8 Å². The monoisotopic (exact) mass is 296 g/mol. The number of anilines is 1. The number of nitrogens with one attached hydrogen (secondary N) is 1. The zero-order valence-corrected chi connectivity index (χ0v) is 11.0. The molecule has 0 aromatic heterocycles. The first-order valence-electron chi connectivity index (χ1n) is 5.39. The average Bonchev–Trinajstić information content (AvgIpc) is 2.70. The Kier molecular flexibility index (Phi) is 3.47. The highest BCUT2D eigenvalue weighted by atomic mass is 79.9. The molecule has 1 fully saturated rings. The van der Waals surface area contributed by atoms with E-state index in [0.717, 1.165) is 10.2 Å². The fraction of sp³-hybridized carbons (Fsp3) is 0.333. The zero-order chi connectivity index (χ0) is 12.4. The van der Waals surface area contributed by atoms with Crippen LogP contribution >= 0.6 is 15.9 Å². The predicted molar refractivity (Wildman–Crippen MR) is 68.7 cm³/mol. The minimum atomic E-state index is -0.244. The Morgan fingerprint density at radius 3 is 2.94 bits per heavy atom. The molecular weight excluding hydrogens is 284 g/mol. The van der Waals surface area contributed by atoms with Crippen molar-refractivity contribution in [1.29, 1.82) is 0 Å². The summed E-state index contributed by atoms with van der Waals surface area (Å²) < 4.78 is 0.922. The number of nitrogens with zero attached hydrogens (tertiary/aromatic N) is 1. The zero-order valence-electron chi connectivity index (χ0n) is 9.44. The van der Waals surface area contributed by atoms with Gasteiger partial charge in [-0.25, -0.2) is 0 Å². The summed E-state index contributed by atoms with van der Waals surface area (Å²) >= 11 is 3.37. The first kappa shape index (κ1) is 12.1. The Bertz CT molecular complexity index is 462. The van der Waals surface area contributed by atoms with Gasteiger partial charge in [0.25, 0.3) is 0 Å². The van der Waals surface area contributed by atoms with E-state index in [1.807, 2.05) is 24.3 Å². The minimum Gasteiger partial charge on any atom is -0.359 e. The molecule has 1 N–H and O–H groups in total. The van der Waals surface area contributed by atoms with Crippen LogP contribution in [0.1, 0.15) is 6.42 Å². The maximum atomic E-state index is 11.8. The van der Waals surface area contributed by atoms with Crippen molar-refractivity contribution in [3.8, 4) is 0 Å². The maximum absolute atomic E-state index is 11.8. The standard InChI is InChI=1S/C12H13BrN2O2/c1-14-12(17)8-5-11(16)15(7-8)10-4-2-3-9(13)6-10/h2-4,6,8H,5,7H2,1H3,(H,14,17). The Morgan fingerprint density at radius 1 is 1.53 bits per heavy atom. The van der Waals surface area contributed by atoms with Gasteiger partial charge in [0, 0.05) is 30.2 Å². The third kappa shape index (κ3) is 2.49. The van der Waals surface area contributed by atoms with Gasteiger partial charge in [0.05, 0.1) is 5.92 Å². The second-order valence-electron chi connectivity index (χ2n) is 4.00. The molecule has 1 unspecified atom stereocenters. The Labute approximate surface area is 108 Å². The van der Waals surface area contributed by atoms with Crippen molar-refractivity contribution in [1.82, 2.24) is 5.32 Å². The van der Waals surface area contributed by atoms with Crippen molar-refractivity contribution in [2.75, 3.05) is 18.5 Å². The molecule has 1 atom stereocenters. The van der Waals surface area contributed by atoms with Gasteiger partial charge in [-0.1, -0.05) is 22.0 Å². The van der Waals surface area contributed by atoms with Crippen molar-refractivity contribution < 1.29 is 9.59 Å². The normalized spacial score (nSPS) is 19.5. The van der Waals surface area contributed by atoms with Gasteiger partial charge in [-0.15, -0.1) is 0 Å². The molecule has 0 saturated carbocycles. The molecule has 1 aliphatic heterocycles. The molecule has 2 amide bonds. The summed E-state index contributed by atoms with van der Waals surface area (Å²) in [5, 5.41) is 2.58. The van der Waals surface area contributed by atoms with Crippen LogP contribution in [0.25, 0.3) is 0 Å². The lowest BCUT2D eigenvalue weighted by molar-refractivity contribution is -0.125. The van der Waals surface area contributed by atoms with E-state index in [-0.39, 0.29) is 24.2 Å². The lowest BCUT2D eigenvalue weighted by atomic mass is 10.1. The average molecular weight is 297 g/mol. The van der Waals surface area contributed by atoms with E-state index in [1.54, 1.807) is 11.9 Å². The second kappa shape index (κ2) is 4.87. The van der Waals surface area contributed by atoms with Crippen molar-refractivity contribution in [3.63, 3.8) is 0 Å².